The number of hydrogen-bond donors (Lipinski definition) is 0. The Bertz CT molecular complexity index is 579. The van der Waals surface area contributed by atoms with E-state index >= 15 is 0 Å². The highest BCUT2D eigenvalue weighted by molar-refractivity contribution is 5.97. The number of hydrogen-bond acceptors (Lipinski definition) is 3. The number of rotatable bonds is 7. The average molecular weight is 292 g/mol. The SMILES string of the molecule is O=C(COCCOc1ccccc1)c1c(F)cccc1F. The van der Waals surface area contributed by atoms with Crippen molar-refractivity contribution in [1.29, 1.82) is 0 Å². The van der Waals surface area contributed by atoms with Crippen LogP contribution in [0.5, 0.6) is 5.75 Å². The Morgan fingerprint density at radius 2 is 1.57 bits per heavy atom. The van der Waals surface area contributed by atoms with Crippen LogP contribution in [-0.2, 0) is 4.74 Å². The smallest absolute Gasteiger partial charge is 0.194 e. The molecule has 0 bridgehead atoms. The molecular formula is C16H14F2O3. The highest BCUT2D eigenvalue weighted by Gasteiger charge is 2.16. The van der Waals surface area contributed by atoms with Gasteiger partial charge in [-0.2, -0.15) is 0 Å². The third-order valence-electron chi connectivity index (χ3n) is 2.71. The van der Waals surface area contributed by atoms with Gasteiger partial charge >= 0.3 is 0 Å². The van der Waals surface area contributed by atoms with Gasteiger partial charge in [-0.3, -0.25) is 4.79 Å². The van der Waals surface area contributed by atoms with Crippen molar-refractivity contribution in [3.63, 3.8) is 0 Å². The number of ether oxygens (including phenoxy) is 2. The van der Waals surface area contributed by atoms with Crippen LogP contribution in [0.25, 0.3) is 0 Å². The number of halogens is 2. The maximum Gasteiger partial charge on any atom is 0.194 e. The van der Waals surface area contributed by atoms with Crippen LogP contribution in [0.2, 0.25) is 0 Å². The minimum absolute atomic E-state index is 0.150. The molecule has 0 saturated carbocycles. The van der Waals surface area contributed by atoms with Crippen LogP contribution in [0, 0.1) is 11.6 Å². The fourth-order valence-electron chi connectivity index (χ4n) is 1.74. The molecule has 0 fully saturated rings. The number of para-hydroxylation sites is 1. The predicted molar refractivity (Wildman–Crippen MR) is 73.4 cm³/mol. The van der Waals surface area contributed by atoms with E-state index in [1.807, 2.05) is 18.2 Å². The van der Waals surface area contributed by atoms with Crippen molar-refractivity contribution in [3.8, 4) is 5.75 Å². The van der Waals surface area contributed by atoms with Crippen LogP contribution in [0.15, 0.2) is 48.5 Å². The molecule has 0 heterocycles. The molecule has 110 valence electrons. The lowest BCUT2D eigenvalue weighted by Crippen LogP contribution is -2.16. The van der Waals surface area contributed by atoms with Crippen LogP contribution in [0.3, 0.4) is 0 Å². The van der Waals surface area contributed by atoms with Gasteiger partial charge in [-0.05, 0) is 24.3 Å². The lowest BCUT2D eigenvalue weighted by molar-refractivity contribution is 0.0680. The second kappa shape index (κ2) is 7.50. The van der Waals surface area contributed by atoms with Crippen LogP contribution in [0.1, 0.15) is 10.4 Å². The molecule has 0 atom stereocenters. The first-order valence-corrected chi connectivity index (χ1v) is 6.41. The molecule has 3 nitrogen and oxygen atoms in total. The second-order valence-electron chi connectivity index (χ2n) is 4.23. The summed E-state index contributed by atoms with van der Waals surface area (Å²) in [4.78, 5) is 11.7. The van der Waals surface area contributed by atoms with Gasteiger partial charge in [0.25, 0.3) is 0 Å². The van der Waals surface area contributed by atoms with Crippen LogP contribution >= 0.6 is 0 Å². The van der Waals surface area contributed by atoms with Gasteiger partial charge in [0.15, 0.2) is 5.78 Å². The minimum Gasteiger partial charge on any atom is -0.491 e. The van der Waals surface area contributed by atoms with E-state index in [0.717, 1.165) is 12.1 Å². The van der Waals surface area contributed by atoms with Gasteiger partial charge in [0, 0.05) is 0 Å². The van der Waals surface area contributed by atoms with Crippen molar-refractivity contribution in [2.75, 3.05) is 19.8 Å². The van der Waals surface area contributed by atoms with Crippen molar-refractivity contribution in [2.45, 2.75) is 0 Å². The standard InChI is InChI=1S/C16H14F2O3/c17-13-7-4-8-14(18)16(13)15(19)11-20-9-10-21-12-5-2-1-3-6-12/h1-8H,9-11H2. The summed E-state index contributed by atoms with van der Waals surface area (Å²) >= 11 is 0. The van der Waals surface area contributed by atoms with Crippen molar-refractivity contribution >= 4 is 5.78 Å². The van der Waals surface area contributed by atoms with Crippen molar-refractivity contribution in [1.82, 2.24) is 0 Å². The summed E-state index contributed by atoms with van der Waals surface area (Å²) in [5.74, 6) is -1.81. The lowest BCUT2D eigenvalue weighted by Gasteiger charge is -2.07. The Morgan fingerprint density at radius 3 is 2.24 bits per heavy atom. The topological polar surface area (TPSA) is 35.5 Å². The van der Waals surface area contributed by atoms with E-state index in [1.165, 1.54) is 6.07 Å². The molecular weight excluding hydrogens is 278 g/mol. The predicted octanol–water partition coefficient (Wildman–Crippen LogP) is 3.24. The first-order valence-electron chi connectivity index (χ1n) is 6.41. The zero-order chi connectivity index (χ0) is 15.1. The number of Topliss-reactive ketones (excluding diaryl/α,β-unsaturated/α-hetero) is 1. The molecule has 2 rings (SSSR count). The van der Waals surface area contributed by atoms with E-state index in [-0.39, 0.29) is 13.2 Å². The fraction of sp³-hybridized carbons (Fsp3) is 0.188. The first kappa shape index (κ1) is 15.1. The summed E-state index contributed by atoms with van der Waals surface area (Å²) in [6.07, 6.45) is 0. The second-order valence-corrected chi connectivity index (χ2v) is 4.23. The third-order valence-corrected chi connectivity index (χ3v) is 2.71. The van der Waals surface area contributed by atoms with E-state index in [9.17, 15) is 13.6 Å². The zero-order valence-corrected chi connectivity index (χ0v) is 11.2. The molecule has 2 aromatic rings. The van der Waals surface area contributed by atoms with Gasteiger partial charge in [-0.15, -0.1) is 0 Å². The summed E-state index contributed by atoms with van der Waals surface area (Å²) in [6.45, 7) is 0.00373. The van der Waals surface area contributed by atoms with Crippen LogP contribution in [0.4, 0.5) is 8.78 Å². The number of benzene rings is 2. The largest absolute Gasteiger partial charge is 0.491 e. The van der Waals surface area contributed by atoms with Gasteiger partial charge in [-0.1, -0.05) is 24.3 Å². The van der Waals surface area contributed by atoms with E-state index in [1.54, 1.807) is 12.1 Å². The van der Waals surface area contributed by atoms with Gasteiger partial charge in [0.05, 0.1) is 12.2 Å². The highest BCUT2D eigenvalue weighted by Crippen LogP contribution is 2.13. The zero-order valence-electron chi connectivity index (χ0n) is 11.2. The molecule has 0 amide bonds. The first-order chi connectivity index (χ1) is 10.2. The quantitative estimate of drug-likeness (QED) is 0.580. The third kappa shape index (κ3) is 4.36. The minimum atomic E-state index is -0.885. The summed E-state index contributed by atoms with van der Waals surface area (Å²) < 4.78 is 37.1. The van der Waals surface area contributed by atoms with E-state index < -0.39 is 29.6 Å². The van der Waals surface area contributed by atoms with E-state index in [4.69, 9.17) is 9.47 Å². The Kier molecular flexibility index (Phi) is 5.40. The molecule has 0 N–H and O–H groups in total. The molecule has 0 aliphatic rings. The van der Waals surface area contributed by atoms with Crippen molar-refractivity contribution in [2.24, 2.45) is 0 Å². The summed E-state index contributed by atoms with van der Waals surface area (Å²) in [5.41, 5.74) is -0.568. The van der Waals surface area contributed by atoms with Crippen molar-refractivity contribution < 1.29 is 23.0 Å². The number of ketones is 1. The molecule has 2 aromatic carbocycles. The number of carbonyl (C=O) groups excluding carboxylic acids is 1. The Hall–Kier alpha value is -2.27. The molecule has 21 heavy (non-hydrogen) atoms. The summed E-state index contributed by atoms with van der Waals surface area (Å²) in [7, 11) is 0. The normalized spacial score (nSPS) is 10.4. The Labute approximate surface area is 121 Å². The van der Waals surface area contributed by atoms with Crippen molar-refractivity contribution in [3.05, 3.63) is 65.7 Å². The summed E-state index contributed by atoms with van der Waals surface area (Å²) in [6, 6.07) is 12.4. The van der Waals surface area contributed by atoms with E-state index in [0.29, 0.717) is 5.75 Å². The van der Waals surface area contributed by atoms with Gasteiger partial charge < -0.3 is 9.47 Å². The average Bonchev–Trinajstić information content (AvgIpc) is 2.48. The lowest BCUT2D eigenvalue weighted by atomic mass is 10.1. The van der Waals surface area contributed by atoms with Gasteiger partial charge in [-0.25, -0.2) is 8.78 Å². The molecule has 5 heteroatoms. The molecule has 0 unspecified atom stereocenters. The maximum absolute atomic E-state index is 13.4. The van der Waals surface area contributed by atoms with Crippen LogP contribution in [-0.4, -0.2) is 25.6 Å². The molecule has 0 aliphatic carbocycles. The molecule has 0 spiro atoms. The molecule has 0 saturated heterocycles. The monoisotopic (exact) mass is 292 g/mol. The molecule has 0 radical (unpaired) electrons. The fourth-order valence-corrected chi connectivity index (χ4v) is 1.74. The van der Waals surface area contributed by atoms with E-state index in [2.05, 4.69) is 0 Å². The number of carbonyl (C=O) groups is 1. The highest BCUT2D eigenvalue weighted by atomic mass is 19.1. The molecule has 0 aliphatic heterocycles. The van der Waals surface area contributed by atoms with Gasteiger partial charge in [0.2, 0.25) is 0 Å². The molecule has 0 aromatic heterocycles. The maximum atomic E-state index is 13.4. The Morgan fingerprint density at radius 1 is 0.905 bits per heavy atom. The van der Waals surface area contributed by atoms with Crippen LogP contribution < -0.4 is 4.74 Å². The Balaban J connectivity index is 1.75. The van der Waals surface area contributed by atoms with Gasteiger partial charge in [0.1, 0.15) is 30.6 Å². The summed E-state index contributed by atoms with van der Waals surface area (Å²) in [5, 5.41) is 0.